The van der Waals surface area contributed by atoms with E-state index in [1.54, 1.807) is 18.2 Å². The van der Waals surface area contributed by atoms with Crippen molar-refractivity contribution in [1.82, 2.24) is 16.0 Å². The summed E-state index contributed by atoms with van der Waals surface area (Å²) in [6.45, 7) is 13.1. The first-order valence-electron chi connectivity index (χ1n) is 9.52. The SMILES string of the molecule is C=C/C=C(\NCCNC(=C)N)c1c(Cl)cc(C(=C)NCc2cccc(C#N)c2)cc1Cl. The van der Waals surface area contributed by atoms with Crippen LogP contribution in [0, 0.1) is 11.3 Å². The van der Waals surface area contributed by atoms with Crippen molar-refractivity contribution in [2.45, 2.75) is 6.54 Å². The van der Waals surface area contributed by atoms with Crippen molar-refractivity contribution >= 4 is 34.6 Å². The number of nitrogens with one attached hydrogen (secondary N) is 3. The van der Waals surface area contributed by atoms with Crippen molar-refractivity contribution in [2.75, 3.05) is 13.1 Å². The van der Waals surface area contributed by atoms with Gasteiger partial charge >= 0.3 is 0 Å². The number of hydrogen-bond donors (Lipinski definition) is 4. The molecule has 0 unspecified atom stereocenters. The van der Waals surface area contributed by atoms with Crippen LogP contribution in [0.2, 0.25) is 10.0 Å². The molecule has 0 saturated carbocycles. The van der Waals surface area contributed by atoms with Crippen LogP contribution in [0.25, 0.3) is 11.4 Å². The summed E-state index contributed by atoms with van der Waals surface area (Å²) in [6.07, 6.45) is 3.47. The fourth-order valence-corrected chi connectivity index (χ4v) is 3.53. The molecular formula is C24H25Cl2N5. The van der Waals surface area contributed by atoms with E-state index in [0.29, 0.717) is 52.3 Å². The van der Waals surface area contributed by atoms with Gasteiger partial charge < -0.3 is 21.7 Å². The van der Waals surface area contributed by atoms with E-state index in [2.05, 4.69) is 41.8 Å². The third-order valence-corrected chi connectivity index (χ3v) is 4.90. The van der Waals surface area contributed by atoms with Crippen LogP contribution < -0.4 is 21.7 Å². The van der Waals surface area contributed by atoms with Gasteiger partial charge in [0.1, 0.15) is 0 Å². The average Bonchev–Trinajstić information content (AvgIpc) is 2.74. The number of rotatable bonds is 11. The normalized spacial score (nSPS) is 10.7. The molecule has 0 amide bonds. The van der Waals surface area contributed by atoms with E-state index < -0.39 is 0 Å². The molecule has 0 aliphatic carbocycles. The van der Waals surface area contributed by atoms with Crippen molar-refractivity contribution in [1.29, 1.82) is 5.26 Å². The lowest BCUT2D eigenvalue weighted by molar-refractivity contribution is 0.743. The van der Waals surface area contributed by atoms with Crippen LogP contribution in [0.3, 0.4) is 0 Å². The second-order valence-corrected chi connectivity index (χ2v) is 7.47. The summed E-state index contributed by atoms with van der Waals surface area (Å²) in [5.41, 5.74) is 9.96. The van der Waals surface area contributed by atoms with E-state index in [-0.39, 0.29) is 0 Å². The molecule has 31 heavy (non-hydrogen) atoms. The van der Waals surface area contributed by atoms with Crippen molar-refractivity contribution in [3.8, 4) is 6.07 Å². The highest BCUT2D eigenvalue weighted by molar-refractivity contribution is 6.37. The zero-order valence-corrected chi connectivity index (χ0v) is 18.7. The predicted octanol–water partition coefficient (Wildman–Crippen LogP) is 4.76. The summed E-state index contributed by atoms with van der Waals surface area (Å²) in [7, 11) is 0. The van der Waals surface area contributed by atoms with E-state index in [0.717, 1.165) is 16.8 Å². The summed E-state index contributed by atoms with van der Waals surface area (Å²) in [5.74, 6) is 0.404. The lowest BCUT2D eigenvalue weighted by Crippen LogP contribution is -2.28. The Bertz CT molecular complexity index is 1030. The van der Waals surface area contributed by atoms with Crippen molar-refractivity contribution in [2.24, 2.45) is 5.73 Å². The van der Waals surface area contributed by atoms with Gasteiger partial charge in [0.15, 0.2) is 0 Å². The molecule has 0 atom stereocenters. The molecule has 160 valence electrons. The van der Waals surface area contributed by atoms with Gasteiger partial charge in [-0.05, 0) is 41.5 Å². The first-order chi connectivity index (χ1) is 14.8. The minimum atomic E-state index is 0.404. The Morgan fingerprint density at radius 1 is 1.06 bits per heavy atom. The summed E-state index contributed by atoms with van der Waals surface area (Å²) in [6, 6.07) is 13.1. The summed E-state index contributed by atoms with van der Waals surface area (Å²) >= 11 is 13.1. The number of hydrogen-bond acceptors (Lipinski definition) is 5. The second-order valence-electron chi connectivity index (χ2n) is 6.65. The average molecular weight is 454 g/mol. The summed E-state index contributed by atoms with van der Waals surface area (Å²) in [4.78, 5) is 0. The van der Waals surface area contributed by atoms with Gasteiger partial charge in [0.05, 0.1) is 27.5 Å². The van der Waals surface area contributed by atoms with Crippen LogP contribution >= 0.6 is 23.2 Å². The molecule has 0 fully saturated rings. The Morgan fingerprint density at radius 2 is 1.74 bits per heavy atom. The third-order valence-electron chi connectivity index (χ3n) is 4.30. The molecule has 0 aromatic heterocycles. The quantitative estimate of drug-likeness (QED) is 0.291. The lowest BCUT2D eigenvalue weighted by atomic mass is 10.1. The molecule has 0 saturated heterocycles. The monoisotopic (exact) mass is 453 g/mol. The molecule has 0 radical (unpaired) electrons. The van der Waals surface area contributed by atoms with Gasteiger partial charge in [-0.1, -0.05) is 61.1 Å². The van der Waals surface area contributed by atoms with Gasteiger partial charge in [0.25, 0.3) is 0 Å². The standard InChI is InChI=1S/C24H25Cl2N5/c1-4-6-23(30-10-9-29-17(3)28)24-21(25)12-20(13-22(24)26)16(2)31-15-19-8-5-7-18(11-19)14-27/h4-8,11-13,29-31H,1-3,9-10,15,28H2/b23-6-. The molecule has 7 heteroatoms. The first-order valence-corrected chi connectivity index (χ1v) is 10.3. The molecule has 0 heterocycles. The number of nitrogens with two attached hydrogens (primary N) is 1. The maximum Gasteiger partial charge on any atom is 0.0991 e. The molecule has 2 aromatic carbocycles. The van der Waals surface area contributed by atoms with E-state index in [4.69, 9.17) is 34.2 Å². The molecule has 0 spiro atoms. The molecule has 0 aliphatic rings. The maximum atomic E-state index is 9.03. The van der Waals surface area contributed by atoms with Crippen LogP contribution in [0.5, 0.6) is 0 Å². The van der Waals surface area contributed by atoms with Crippen molar-refractivity contribution in [3.05, 3.63) is 106 Å². The van der Waals surface area contributed by atoms with Crippen LogP contribution in [-0.2, 0) is 6.54 Å². The fourth-order valence-electron chi connectivity index (χ4n) is 2.84. The zero-order chi connectivity index (χ0) is 22.8. The Hall–Kier alpha value is -3.33. The van der Waals surface area contributed by atoms with Gasteiger partial charge in [0.2, 0.25) is 0 Å². The zero-order valence-electron chi connectivity index (χ0n) is 17.1. The number of nitriles is 1. The molecular weight excluding hydrogens is 429 g/mol. The number of allylic oxidation sites excluding steroid dienone is 2. The van der Waals surface area contributed by atoms with E-state index >= 15 is 0 Å². The minimum Gasteiger partial charge on any atom is -0.386 e. The van der Waals surface area contributed by atoms with Crippen molar-refractivity contribution < 1.29 is 0 Å². The molecule has 0 bridgehead atoms. The number of benzene rings is 2. The second kappa shape index (κ2) is 11.8. The van der Waals surface area contributed by atoms with Crippen LogP contribution in [-0.4, -0.2) is 13.1 Å². The Labute approximate surface area is 193 Å². The Kier molecular flexibility index (Phi) is 9.08. The van der Waals surface area contributed by atoms with Gasteiger partial charge in [-0.2, -0.15) is 5.26 Å². The Balaban J connectivity index is 2.14. The summed E-state index contributed by atoms with van der Waals surface area (Å²) < 4.78 is 0. The highest BCUT2D eigenvalue weighted by Gasteiger charge is 2.14. The van der Waals surface area contributed by atoms with Crippen LogP contribution in [0.1, 0.15) is 22.3 Å². The smallest absolute Gasteiger partial charge is 0.0991 e. The van der Waals surface area contributed by atoms with Gasteiger partial charge in [-0.3, -0.25) is 0 Å². The molecule has 2 aromatic rings. The minimum absolute atomic E-state index is 0.404. The third kappa shape index (κ3) is 7.14. The molecule has 5 nitrogen and oxygen atoms in total. The van der Waals surface area contributed by atoms with Crippen molar-refractivity contribution in [3.63, 3.8) is 0 Å². The van der Waals surface area contributed by atoms with Gasteiger partial charge in [-0.15, -0.1) is 0 Å². The van der Waals surface area contributed by atoms with Crippen LogP contribution in [0.4, 0.5) is 0 Å². The van der Waals surface area contributed by atoms with Gasteiger partial charge in [0, 0.05) is 36.6 Å². The maximum absolute atomic E-state index is 9.03. The number of nitrogens with zero attached hydrogens (tertiary/aromatic N) is 1. The van der Waals surface area contributed by atoms with E-state index in [1.165, 1.54) is 0 Å². The molecule has 0 aliphatic heterocycles. The lowest BCUT2D eigenvalue weighted by Gasteiger charge is -2.17. The summed E-state index contributed by atoms with van der Waals surface area (Å²) in [5, 5.41) is 19.5. The fraction of sp³-hybridized carbons (Fsp3) is 0.125. The topological polar surface area (TPSA) is 85.9 Å². The first kappa shape index (κ1) is 23.9. The largest absolute Gasteiger partial charge is 0.386 e. The Morgan fingerprint density at radius 3 is 2.35 bits per heavy atom. The number of halogens is 2. The molecule has 5 N–H and O–H groups in total. The predicted molar refractivity (Wildman–Crippen MR) is 131 cm³/mol. The highest BCUT2D eigenvalue weighted by Crippen LogP contribution is 2.33. The van der Waals surface area contributed by atoms with E-state index in [9.17, 15) is 0 Å². The van der Waals surface area contributed by atoms with Crippen LogP contribution in [0.15, 0.2) is 74.1 Å². The van der Waals surface area contributed by atoms with Gasteiger partial charge in [-0.25, -0.2) is 0 Å². The highest BCUT2D eigenvalue weighted by atomic mass is 35.5. The van der Waals surface area contributed by atoms with E-state index in [1.807, 2.05) is 30.3 Å². The molecule has 2 rings (SSSR count).